The van der Waals surface area contributed by atoms with Crippen LogP contribution in [0.15, 0.2) is 84.9 Å². The summed E-state index contributed by atoms with van der Waals surface area (Å²) in [6.45, 7) is 6.58. The fourth-order valence-corrected chi connectivity index (χ4v) is 5.14. The molecule has 1 aliphatic rings. The fourth-order valence-electron chi connectivity index (χ4n) is 5.14. The van der Waals surface area contributed by atoms with E-state index in [1.807, 2.05) is 84.9 Å². The van der Waals surface area contributed by atoms with Gasteiger partial charge in [0.25, 0.3) is 5.91 Å². The molecule has 1 aliphatic carbocycles. The number of carbonyl (C=O) groups excluding carboxylic acids is 2. The van der Waals surface area contributed by atoms with E-state index in [2.05, 4.69) is 26.1 Å². The standard InChI is InChI=1S/C33H40N2O3/c1-33(2,3)28-20-12-13-21-30(28)38-24-31(36)35(23-26-16-8-5-9-17-26)29(22-25-14-6-4-7-15-25)32(37)34-27-18-10-11-19-27/h4-9,12-17,20-21,27,29H,10-11,18-19,22-24H2,1-3H3,(H,34,37). The van der Waals surface area contributed by atoms with Gasteiger partial charge >= 0.3 is 0 Å². The summed E-state index contributed by atoms with van der Waals surface area (Å²) in [7, 11) is 0. The SMILES string of the molecule is CC(C)(C)c1ccccc1OCC(=O)N(Cc1ccccc1)C(Cc1ccccc1)C(=O)NC1CCCC1. The number of benzene rings is 3. The Bertz CT molecular complexity index is 1180. The van der Waals surface area contributed by atoms with Crippen LogP contribution < -0.4 is 10.1 Å². The summed E-state index contributed by atoms with van der Waals surface area (Å²) in [4.78, 5) is 29.3. The zero-order chi connectivity index (χ0) is 27.0. The number of nitrogens with zero attached hydrogens (tertiary/aromatic N) is 1. The van der Waals surface area contributed by atoms with Crippen LogP contribution in [0, 0.1) is 0 Å². The quantitative estimate of drug-likeness (QED) is 0.359. The van der Waals surface area contributed by atoms with E-state index in [1.54, 1.807) is 4.90 Å². The van der Waals surface area contributed by atoms with E-state index in [4.69, 9.17) is 4.74 Å². The van der Waals surface area contributed by atoms with Gasteiger partial charge in [-0.15, -0.1) is 0 Å². The molecule has 5 heteroatoms. The lowest BCUT2D eigenvalue weighted by molar-refractivity contribution is -0.143. The number of carbonyl (C=O) groups is 2. The highest BCUT2D eigenvalue weighted by atomic mass is 16.5. The van der Waals surface area contributed by atoms with Crippen LogP contribution in [0.5, 0.6) is 5.75 Å². The van der Waals surface area contributed by atoms with Gasteiger partial charge in [0.1, 0.15) is 11.8 Å². The second-order valence-electron chi connectivity index (χ2n) is 11.2. The first-order valence-electron chi connectivity index (χ1n) is 13.7. The van der Waals surface area contributed by atoms with Crippen molar-refractivity contribution in [1.82, 2.24) is 10.2 Å². The van der Waals surface area contributed by atoms with E-state index in [9.17, 15) is 9.59 Å². The van der Waals surface area contributed by atoms with E-state index in [-0.39, 0.29) is 29.9 Å². The van der Waals surface area contributed by atoms with Crippen molar-refractivity contribution in [3.05, 3.63) is 102 Å². The average Bonchev–Trinajstić information content (AvgIpc) is 3.43. The van der Waals surface area contributed by atoms with Gasteiger partial charge in [0.2, 0.25) is 5.91 Å². The molecule has 0 aromatic heterocycles. The monoisotopic (exact) mass is 512 g/mol. The van der Waals surface area contributed by atoms with Crippen LogP contribution in [-0.4, -0.2) is 35.4 Å². The summed E-state index contributed by atoms with van der Waals surface area (Å²) in [5.74, 6) is 0.392. The van der Waals surface area contributed by atoms with Gasteiger partial charge in [-0.3, -0.25) is 9.59 Å². The first kappa shape index (κ1) is 27.4. The van der Waals surface area contributed by atoms with Crippen LogP contribution in [0.2, 0.25) is 0 Å². The molecular weight excluding hydrogens is 472 g/mol. The van der Waals surface area contributed by atoms with Gasteiger partial charge in [-0.1, -0.05) is 112 Å². The normalized spacial score (nSPS) is 14.6. The Labute approximate surface area is 227 Å². The van der Waals surface area contributed by atoms with Crippen molar-refractivity contribution < 1.29 is 14.3 Å². The van der Waals surface area contributed by atoms with E-state index < -0.39 is 6.04 Å². The molecule has 0 saturated heterocycles. The molecule has 0 bridgehead atoms. The number of hydrogen-bond donors (Lipinski definition) is 1. The maximum absolute atomic E-state index is 13.9. The lowest BCUT2D eigenvalue weighted by Crippen LogP contribution is -2.53. The number of para-hydroxylation sites is 1. The van der Waals surface area contributed by atoms with E-state index in [0.29, 0.717) is 18.7 Å². The second kappa shape index (κ2) is 12.8. The molecule has 4 rings (SSSR count). The first-order valence-corrected chi connectivity index (χ1v) is 13.7. The van der Waals surface area contributed by atoms with Crippen molar-refractivity contribution in [2.24, 2.45) is 0 Å². The van der Waals surface area contributed by atoms with Crippen molar-refractivity contribution >= 4 is 11.8 Å². The van der Waals surface area contributed by atoms with E-state index in [1.165, 1.54) is 0 Å². The smallest absolute Gasteiger partial charge is 0.261 e. The lowest BCUT2D eigenvalue weighted by atomic mass is 9.86. The minimum Gasteiger partial charge on any atom is -0.483 e. The van der Waals surface area contributed by atoms with Crippen LogP contribution in [0.3, 0.4) is 0 Å². The molecule has 0 spiro atoms. The predicted octanol–water partition coefficient (Wildman–Crippen LogP) is 6.06. The van der Waals surface area contributed by atoms with Gasteiger partial charge in [-0.05, 0) is 41.0 Å². The second-order valence-corrected chi connectivity index (χ2v) is 11.2. The van der Waals surface area contributed by atoms with Crippen molar-refractivity contribution in [3.8, 4) is 5.75 Å². The van der Waals surface area contributed by atoms with Crippen LogP contribution >= 0.6 is 0 Å². The van der Waals surface area contributed by atoms with E-state index >= 15 is 0 Å². The zero-order valence-corrected chi connectivity index (χ0v) is 22.9. The molecule has 3 aromatic carbocycles. The summed E-state index contributed by atoms with van der Waals surface area (Å²) < 4.78 is 6.13. The Balaban J connectivity index is 1.61. The van der Waals surface area contributed by atoms with Crippen LogP contribution in [-0.2, 0) is 28.0 Å². The van der Waals surface area contributed by atoms with Crippen molar-refractivity contribution in [2.75, 3.05) is 6.61 Å². The number of nitrogens with one attached hydrogen (secondary N) is 1. The highest BCUT2D eigenvalue weighted by Crippen LogP contribution is 2.31. The maximum atomic E-state index is 13.9. The molecule has 38 heavy (non-hydrogen) atoms. The third-order valence-electron chi connectivity index (χ3n) is 7.21. The summed E-state index contributed by atoms with van der Waals surface area (Å²) in [5.41, 5.74) is 2.91. The molecule has 1 N–H and O–H groups in total. The molecule has 3 aromatic rings. The fraction of sp³-hybridized carbons (Fsp3) is 0.394. The molecule has 0 heterocycles. The number of hydrogen-bond acceptors (Lipinski definition) is 3. The van der Waals surface area contributed by atoms with Crippen LogP contribution in [0.25, 0.3) is 0 Å². The molecule has 0 aliphatic heterocycles. The van der Waals surface area contributed by atoms with Crippen molar-refractivity contribution in [3.63, 3.8) is 0 Å². The van der Waals surface area contributed by atoms with Gasteiger partial charge in [0.15, 0.2) is 6.61 Å². The minimum absolute atomic E-state index is 0.0971. The Kier molecular flexibility index (Phi) is 9.22. The van der Waals surface area contributed by atoms with Gasteiger partial charge in [0.05, 0.1) is 0 Å². The summed E-state index contributed by atoms with van der Waals surface area (Å²) in [6, 6.07) is 27.1. The number of ether oxygens (including phenoxy) is 1. The molecule has 1 fully saturated rings. The Morgan fingerprint density at radius 2 is 1.45 bits per heavy atom. The van der Waals surface area contributed by atoms with Gasteiger partial charge in [-0.2, -0.15) is 0 Å². The lowest BCUT2D eigenvalue weighted by Gasteiger charge is -2.32. The Morgan fingerprint density at radius 1 is 0.868 bits per heavy atom. The van der Waals surface area contributed by atoms with Crippen LogP contribution in [0.1, 0.15) is 63.1 Å². The summed E-state index contributed by atoms with van der Waals surface area (Å²) in [6.07, 6.45) is 4.67. The van der Waals surface area contributed by atoms with Crippen LogP contribution in [0.4, 0.5) is 0 Å². The van der Waals surface area contributed by atoms with Gasteiger partial charge in [-0.25, -0.2) is 0 Å². The molecule has 5 nitrogen and oxygen atoms in total. The largest absolute Gasteiger partial charge is 0.483 e. The molecule has 2 amide bonds. The number of amides is 2. The van der Waals surface area contributed by atoms with Crippen molar-refractivity contribution in [2.45, 2.75) is 76.9 Å². The zero-order valence-electron chi connectivity index (χ0n) is 22.9. The summed E-state index contributed by atoms with van der Waals surface area (Å²) >= 11 is 0. The Morgan fingerprint density at radius 3 is 2.08 bits per heavy atom. The molecule has 1 unspecified atom stereocenters. The third kappa shape index (κ3) is 7.47. The average molecular weight is 513 g/mol. The predicted molar refractivity (Wildman–Crippen MR) is 152 cm³/mol. The van der Waals surface area contributed by atoms with E-state index in [0.717, 1.165) is 42.4 Å². The highest BCUT2D eigenvalue weighted by molar-refractivity contribution is 5.88. The minimum atomic E-state index is -0.646. The molecule has 1 atom stereocenters. The first-order chi connectivity index (χ1) is 18.3. The van der Waals surface area contributed by atoms with Gasteiger partial charge in [0, 0.05) is 19.0 Å². The highest BCUT2D eigenvalue weighted by Gasteiger charge is 2.32. The summed E-state index contributed by atoms with van der Waals surface area (Å²) in [5, 5.41) is 3.25. The maximum Gasteiger partial charge on any atom is 0.261 e. The topological polar surface area (TPSA) is 58.6 Å². The number of rotatable bonds is 10. The molecule has 200 valence electrons. The Hall–Kier alpha value is -3.60. The molecule has 1 saturated carbocycles. The van der Waals surface area contributed by atoms with Gasteiger partial charge < -0.3 is 15.0 Å². The molecular formula is C33H40N2O3. The van der Waals surface area contributed by atoms with Crippen molar-refractivity contribution in [1.29, 1.82) is 0 Å². The third-order valence-corrected chi connectivity index (χ3v) is 7.21. The molecule has 0 radical (unpaired) electrons.